The lowest BCUT2D eigenvalue weighted by Crippen LogP contribution is -2.22. The molecular weight excluding hydrogens is 427 g/mol. The Hall–Kier alpha value is -3.52. The van der Waals surface area contributed by atoms with Crippen molar-refractivity contribution in [2.75, 3.05) is 11.4 Å². The summed E-state index contributed by atoms with van der Waals surface area (Å²) >= 11 is 12.3. The van der Waals surface area contributed by atoms with Crippen LogP contribution in [-0.2, 0) is 0 Å². The van der Waals surface area contributed by atoms with Gasteiger partial charge < -0.3 is 9.88 Å². The van der Waals surface area contributed by atoms with E-state index in [0.717, 1.165) is 33.4 Å². The highest BCUT2D eigenvalue weighted by Crippen LogP contribution is 2.33. The first-order valence-corrected chi connectivity index (χ1v) is 10.5. The molecule has 0 radical (unpaired) electrons. The van der Waals surface area contributed by atoms with E-state index in [-0.39, 0.29) is 0 Å². The van der Waals surface area contributed by atoms with E-state index in [4.69, 9.17) is 28.2 Å². The van der Waals surface area contributed by atoms with E-state index in [9.17, 15) is 5.26 Å². The van der Waals surface area contributed by atoms with E-state index in [0.29, 0.717) is 28.0 Å². The van der Waals surface area contributed by atoms with Gasteiger partial charge >= 0.3 is 0 Å². The van der Waals surface area contributed by atoms with Gasteiger partial charge in [-0.25, -0.2) is 4.98 Å². The second-order valence-corrected chi connectivity index (χ2v) is 8.06. The quantitative estimate of drug-likeness (QED) is 0.384. The number of benzene rings is 3. The molecule has 1 aromatic heterocycles. The maximum absolute atomic E-state index is 9.61. The number of rotatable bonds is 3. The van der Waals surface area contributed by atoms with Crippen LogP contribution < -0.4 is 4.90 Å². The SMILES string of the molecule is N#Cc1ccccc1C1=CC(c2nc3cc(Cl)c(Cl)cc3[nH]2)=CN(c2ccccc2)C1. The highest BCUT2D eigenvalue weighted by molar-refractivity contribution is 6.42. The molecule has 150 valence electrons. The lowest BCUT2D eigenvalue weighted by atomic mass is 9.95. The maximum atomic E-state index is 9.61. The summed E-state index contributed by atoms with van der Waals surface area (Å²) < 4.78 is 0. The molecule has 1 aliphatic heterocycles. The van der Waals surface area contributed by atoms with Gasteiger partial charge in [-0.3, -0.25) is 0 Å². The third-order valence-corrected chi connectivity index (χ3v) is 5.97. The Morgan fingerprint density at radius 2 is 1.71 bits per heavy atom. The molecule has 0 bridgehead atoms. The van der Waals surface area contributed by atoms with E-state index < -0.39 is 0 Å². The normalized spacial score (nSPS) is 13.6. The van der Waals surface area contributed by atoms with Crippen molar-refractivity contribution in [3.05, 3.63) is 106 Å². The molecular formula is C25H16Cl2N4. The Balaban J connectivity index is 1.66. The molecule has 4 nitrogen and oxygen atoms in total. The second-order valence-electron chi connectivity index (χ2n) is 7.24. The van der Waals surface area contributed by atoms with Crippen LogP contribution >= 0.6 is 23.2 Å². The standard InChI is InChI=1S/C25H16Cl2N4/c26-21-11-23-24(12-22(21)27)30-25(29-23)18-10-17(20-9-5-4-6-16(20)13-28)14-31(15-18)19-7-2-1-3-8-19/h1-12,15H,14H2,(H,29,30). The Labute approximate surface area is 189 Å². The lowest BCUT2D eigenvalue weighted by Gasteiger charge is -2.27. The molecule has 1 aliphatic rings. The summed E-state index contributed by atoms with van der Waals surface area (Å²) in [5.74, 6) is 0.709. The fourth-order valence-electron chi connectivity index (χ4n) is 3.75. The number of nitrogens with one attached hydrogen (secondary N) is 1. The average Bonchev–Trinajstić information content (AvgIpc) is 3.22. The zero-order chi connectivity index (χ0) is 21.4. The number of hydrogen-bond donors (Lipinski definition) is 1. The van der Waals surface area contributed by atoms with Crippen LogP contribution in [0.4, 0.5) is 5.69 Å². The number of anilines is 1. The van der Waals surface area contributed by atoms with Crippen LogP contribution in [0.5, 0.6) is 0 Å². The molecule has 0 aliphatic carbocycles. The minimum absolute atomic E-state index is 0.468. The van der Waals surface area contributed by atoms with Crippen LogP contribution in [0.25, 0.3) is 22.2 Å². The van der Waals surface area contributed by atoms with Crippen LogP contribution in [0.1, 0.15) is 17.0 Å². The van der Waals surface area contributed by atoms with Gasteiger partial charge in [0.25, 0.3) is 0 Å². The van der Waals surface area contributed by atoms with Crippen molar-refractivity contribution >= 4 is 51.1 Å². The van der Waals surface area contributed by atoms with Gasteiger partial charge in [0.15, 0.2) is 0 Å². The summed E-state index contributed by atoms with van der Waals surface area (Å²) in [6, 6.07) is 23.6. The number of fused-ring (bicyclic) bond motifs is 1. The number of halogens is 2. The molecule has 3 aromatic carbocycles. The number of imidazole rings is 1. The molecule has 2 heterocycles. The monoisotopic (exact) mass is 442 g/mol. The summed E-state index contributed by atoms with van der Waals surface area (Å²) in [7, 11) is 0. The van der Waals surface area contributed by atoms with Gasteiger partial charge in [-0.15, -0.1) is 0 Å². The largest absolute Gasteiger partial charge is 0.343 e. The third kappa shape index (κ3) is 3.70. The number of H-pyrrole nitrogens is 1. The predicted octanol–water partition coefficient (Wildman–Crippen LogP) is 6.69. The Morgan fingerprint density at radius 3 is 2.52 bits per heavy atom. The summed E-state index contributed by atoms with van der Waals surface area (Å²) in [6.45, 7) is 0.643. The predicted molar refractivity (Wildman–Crippen MR) is 127 cm³/mol. The average molecular weight is 443 g/mol. The summed E-state index contributed by atoms with van der Waals surface area (Å²) in [6.07, 6.45) is 4.14. The molecule has 31 heavy (non-hydrogen) atoms. The van der Waals surface area contributed by atoms with E-state index in [1.165, 1.54) is 0 Å². The van der Waals surface area contributed by atoms with Gasteiger partial charge in [0, 0.05) is 24.0 Å². The molecule has 6 heteroatoms. The van der Waals surface area contributed by atoms with Crippen LogP contribution in [0.2, 0.25) is 10.0 Å². The summed E-state index contributed by atoms with van der Waals surface area (Å²) in [4.78, 5) is 10.2. The Morgan fingerprint density at radius 1 is 0.968 bits per heavy atom. The number of hydrogen-bond acceptors (Lipinski definition) is 3. The molecule has 5 rings (SSSR count). The molecule has 0 atom stereocenters. The van der Waals surface area contributed by atoms with Gasteiger partial charge in [0.1, 0.15) is 5.82 Å². The molecule has 0 saturated heterocycles. The van der Waals surface area contributed by atoms with Gasteiger partial charge in [0.05, 0.1) is 32.7 Å². The van der Waals surface area contributed by atoms with Crippen molar-refractivity contribution in [1.82, 2.24) is 9.97 Å². The number of para-hydroxylation sites is 1. The molecule has 0 spiro atoms. The Kier molecular flexibility index (Phi) is 4.99. The molecule has 0 fully saturated rings. The van der Waals surface area contributed by atoms with Gasteiger partial charge in [0.2, 0.25) is 0 Å². The van der Waals surface area contributed by atoms with Crippen molar-refractivity contribution < 1.29 is 0 Å². The lowest BCUT2D eigenvalue weighted by molar-refractivity contribution is 1.08. The van der Waals surface area contributed by atoms with Gasteiger partial charge in [-0.1, -0.05) is 59.6 Å². The zero-order valence-electron chi connectivity index (χ0n) is 16.3. The van der Waals surface area contributed by atoms with Crippen molar-refractivity contribution in [3.63, 3.8) is 0 Å². The first-order valence-electron chi connectivity index (χ1n) is 9.71. The van der Waals surface area contributed by atoms with Crippen LogP contribution in [0.3, 0.4) is 0 Å². The smallest absolute Gasteiger partial charge is 0.139 e. The van der Waals surface area contributed by atoms with Crippen LogP contribution in [0.15, 0.2) is 79.0 Å². The van der Waals surface area contributed by atoms with E-state index in [2.05, 4.69) is 40.4 Å². The molecule has 0 saturated carbocycles. The van der Waals surface area contributed by atoms with E-state index in [1.54, 1.807) is 12.1 Å². The maximum Gasteiger partial charge on any atom is 0.139 e. The number of aromatic amines is 1. The highest BCUT2D eigenvalue weighted by Gasteiger charge is 2.20. The van der Waals surface area contributed by atoms with Gasteiger partial charge in [-0.2, -0.15) is 5.26 Å². The molecule has 4 aromatic rings. The van der Waals surface area contributed by atoms with Crippen molar-refractivity contribution in [2.24, 2.45) is 0 Å². The molecule has 0 amide bonds. The van der Waals surface area contributed by atoms with E-state index >= 15 is 0 Å². The third-order valence-electron chi connectivity index (χ3n) is 5.24. The number of allylic oxidation sites excluding steroid dienone is 2. The minimum Gasteiger partial charge on any atom is -0.343 e. The van der Waals surface area contributed by atoms with Crippen molar-refractivity contribution in [1.29, 1.82) is 5.26 Å². The van der Waals surface area contributed by atoms with Crippen LogP contribution in [-0.4, -0.2) is 16.5 Å². The Bertz CT molecular complexity index is 1360. The number of nitriles is 1. The van der Waals surface area contributed by atoms with Crippen molar-refractivity contribution in [3.8, 4) is 6.07 Å². The molecule has 1 N–H and O–H groups in total. The second kappa shape index (κ2) is 7.96. The minimum atomic E-state index is 0.468. The first kappa shape index (κ1) is 19.4. The van der Waals surface area contributed by atoms with Crippen LogP contribution in [0, 0.1) is 11.3 Å². The number of aromatic nitrogens is 2. The van der Waals surface area contributed by atoms with Crippen molar-refractivity contribution in [2.45, 2.75) is 0 Å². The van der Waals surface area contributed by atoms with E-state index in [1.807, 2.05) is 42.5 Å². The topological polar surface area (TPSA) is 55.7 Å². The summed E-state index contributed by atoms with van der Waals surface area (Å²) in [5, 5.41) is 10.6. The zero-order valence-corrected chi connectivity index (χ0v) is 17.8. The first-order chi connectivity index (χ1) is 15.1. The molecule has 0 unspecified atom stereocenters. The highest BCUT2D eigenvalue weighted by atomic mass is 35.5. The fraction of sp³-hybridized carbons (Fsp3) is 0.0400. The number of nitrogens with zero attached hydrogens (tertiary/aromatic N) is 3. The summed E-state index contributed by atoms with van der Waals surface area (Å²) in [5.41, 5.74) is 6.12. The fourth-order valence-corrected chi connectivity index (χ4v) is 4.07. The van der Waals surface area contributed by atoms with Gasteiger partial charge in [-0.05, 0) is 47.5 Å².